The minimum absolute atomic E-state index is 0.329. The maximum atomic E-state index is 2.32. The van der Waals surface area contributed by atoms with Crippen molar-refractivity contribution < 1.29 is 0 Å². The van der Waals surface area contributed by atoms with Gasteiger partial charge in [-0.15, -0.1) is 0 Å². The number of rotatable bonds is 1. The summed E-state index contributed by atoms with van der Waals surface area (Å²) >= 11 is 0. The van der Waals surface area contributed by atoms with E-state index >= 15 is 0 Å². The minimum Gasteiger partial charge on any atom is -0.0619 e. The van der Waals surface area contributed by atoms with Gasteiger partial charge in [-0.1, -0.05) is 91.0 Å². The zero-order valence-corrected chi connectivity index (χ0v) is 13.7. The molecule has 4 aromatic carbocycles. The molecule has 0 radical (unpaired) electrons. The fourth-order valence-electron chi connectivity index (χ4n) is 4.70. The molecule has 0 heteroatoms. The zero-order valence-electron chi connectivity index (χ0n) is 13.7. The molecule has 25 heavy (non-hydrogen) atoms. The Bertz CT molecular complexity index is 1100. The summed E-state index contributed by atoms with van der Waals surface area (Å²) in [4.78, 5) is 0. The molecular weight excluding hydrogens is 300 g/mol. The van der Waals surface area contributed by atoms with Gasteiger partial charge in [0.05, 0.1) is 0 Å². The molecule has 0 aliphatic heterocycles. The third-order valence-corrected chi connectivity index (χ3v) is 5.73. The smallest absolute Gasteiger partial charge is 0.0358 e. The first-order valence-electron chi connectivity index (χ1n) is 8.84. The molecular formula is C25H16. The Morgan fingerprint density at radius 2 is 0.840 bits per heavy atom. The van der Waals surface area contributed by atoms with Crippen LogP contribution in [0.25, 0.3) is 33.4 Å². The van der Waals surface area contributed by atoms with Crippen molar-refractivity contribution in [2.45, 2.75) is 5.92 Å². The molecule has 0 amide bonds. The lowest BCUT2D eigenvalue weighted by Crippen LogP contribution is -2.07. The van der Waals surface area contributed by atoms with Gasteiger partial charge in [0.1, 0.15) is 0 Å². The largest absolute Gasteiger partial charge is 0.0619 e. The third kappa shape index (κ3) is 1.62. The molecule has 0 aromatic heterocycles. The van der Waals surface area contributed by atoms with E-state index < -0.39 is 0 Å². The summed E-state index contributed by atoms with van der Waals surface area (Å²) in [6.07, 6.45) is 0. The molecule has 0 bridgehead atoms. The van der Waals surface area contributed by atoms with Crippen molar-refractivity contribution in [3.05, 3.63) is 108 Å². The highest BCUT2D eigenvalue weighted by molar-refractivity contribution is 6.04. The van der Waals surface area contributed by atoms with Crippen molar-refractivity contribution in [2.75, 3.05) is 0 Å². The van der Waals surface area contributed by atoms with Gasteiger partial charge in [-0.3, -0.25) is 0 Å². The van der Waals surface area contributed by atoms with Gasteiger partial charge in [0.25, 0.3) is 0 Å². The van der Waals surface area contributed by atoms with E-state index in [-0.39, 0.29) is 0 Å². The van der Waals surface area contributed by atoms with Gasteiger partial charge >= 0.3 is 0 Å². The van der Waals surface area contributed by atoms with Crippen molar-refractivity contribution in [2.24, 2.45) is 0 Å². The topological polar surface area (TPSA) is 0 Å². The van der Waals surface area contributed by atoms with Crippen LogP contribution in [0.15, 0.2) is 91.0 Å². The first kappa shape index (κ1) is 13.2. The third-order valence-electron chi connectivity index (χ3n) is 5.73. The second-order valence-electron chi connectivity index (χ2n) is 6.92. The van der Waals surface area contributed by atoms with Gasteiger partial charge in [0.2, 0.25) is 0 Å². The predicted molar refractivity (Wildman–Crippen MR) is 104 cm³/mol. The Morgan fingerprint density at radius 3 is 1.52 bits per heavy atom. The molecule has 2 aliphatic carbocycles. The summed E-state index contributed by atoms with van der Waals surface area (Å²) in [6.45, 7) is 0. The summed E-state index contributed by atoms with van der Waals surface area (Å²) in [6, 6.07) is 33.3. The molecule has 0 N–H and O–H groups in total. The van der Waals surface area contributed by atoms with Crippen molar-refractivity contribution in [3.63, 3.8) is 0 Å². The lowest BCUT2D eigenvalue weighted by atomic mass is 9.73. The van der Waals surface area contributed by atoms with Crippen LogP contribution in [0.4, 0.5) is 0 Å². The van der Waals surface area contributed by atoms with E-state index in [0.717, 1.165) is 0 Å². The normalized spacial score (nSPS) is 13.4. The van der Waals surface area contributed by atoms with Crippen LogP contribution in [-0.2, 0) is 0 Å². The fourth-order valence-corrected chi connectivity index (χ4v) is 4.70. The summed E-state index contributed by atoms with van der Waals surface area (Å²) in [5.41, 5.74) is 12.7. The van der Waals surface area contributed by atoms with Crippen molar-refractivity contribution in [1.82, 2.24) is 0 Å². The van der Waals surface area contributed by atoms with E-state index in [9.17, 15) is 0 Å². The summed E-state index contributed by atoms with van der Waals surface area (Å²) in [7, 11) is 0. The van der Waals surface area contributed by atoms with Crippen LogP contribution >= 0.6 is 0 Å². The monoisotopic (exact) mass is 316 g/mol. The minimum atomic E-state index is 0.329. The van der Waals surface area contributed by atoms with E-state index in [1.807, 2.05) is 0 Å². The van der Waals surface area contributed by atoms with Crippen LogP contribution in [0.5, 0.6) is 0 Å². The fraction of sp³-hybridized carbons (Fsp3) is 0.0400. The highest BCUT2D eigenvalue weighted by Crippen LogP contribution is 2.55. The maximum absolute atomic E-state index is 2.32. The first-order valence-corrected chi connectivity index (χ1v) is 8.84. The molecule has 0 heterocycles. The van der Waals surface area contributed by atoms with Crippen LogP contribution in [0.3, 0.4) is 0 Å². The Kier molecular flexibility index (Phi) is 2.48. The lowest BCUT2D eigenvalue weighted by molar-refractivity contribution is 1.02. The average molecular weight is 316 g/mol. The Morgan fingerprint density at radius 1 is 0.360 bits per heavy atom. The molecule has 0 saturated carbocycles. The molecule has 2 aliphatic rings. The summed E-state index contributed by atoms with van der Waals surface area (Å²) in [5.74, 6) is 0.329. The van der Waals surface area contributed by atoms with Gasteiger partial charge in [0.15, 0.2) is 0 Å². The Hall–Kier alpha value is -3.12. The molecule has 0 nitrogen and oxygen atoms in total. The van der Waals surface area contributed by atoms with Gasteiger partial charge in [-0.2, -0.15) is 0 Å². The second-order valence-corrected chi connectivity index (χ2v) is 6.92. The molecule has 6 rings (SSSR count). The highest BCUT2D eigenvalue weighted by Gasteiger charge is 2.34. The van der Waals surface area contributed by atoms with Gasteiger partial charge < -0.3 is 0 Å². The van der Waals surface area contributed by atoms with Crippen molar-refractivity contribution >= 4 is 0 Å². The molecule has 0 saturated heterocycles. The van der Waals surface area contributed by atoms with E-state index in [4.69, 9.17) is 0 Å². The van der Waals surface area contributed by atoms with Crippen LogP contribution < -0.4 is 0 Å². The van der Waals surface area contributed by atoms with Crippen molar-refractivity contribution in [3.8, 4) is 33.4 Å². The molecule has 0 atom stereocenters. The number of benzene rings is 4. The first-order chi connectivity index (χ1) is 12.4. The van der Waals surface area contributed by atoms with Crippen LogP contribution in [0.1, 0.15) is 22.6 Å². The summed E-state index contributed by atoms with van der Waals surface area (Å²) in [5, 5.41) is 0. The summed E-state index contributed by atoms with van der Waals surface area (Å²) < 4.78 is 0. The van der Waals surface area contributed by atoms with E-state index in [1.165, 1.54) is 50.1 Å². The molecule has 0 spiro atoms. The van der Waals surface area contributed by atoms with E-state index in [0.29, 0.717) is 5.92 Å². The van der Waals surface area contributed by atoms with Crippen LogP contribution in [-0.4, -0.2) is 0 Å². The molecule has 0 unspecified atom stereocenters. The van der Waals surface area contributed by atoms with Gasteiger partial charge in [-0.05, 0) is 50.1 Å². The SMILES string of the molecule is c1ccc2c(c1)-c1cccc(C3c4ccccc4-c4ccccc43)c1-2. The lowest BCUT2D eigenvalue weighted by Gasteiger charge is -2.29. The van der Waals surface area contributed by atoms with E-state index in [2.05, 4.69) is 91.0 Å². The van der Waals surface area contributed by atoms with Gasteiger partial charge in [-0.25, -0.2) is 0 Å². The van der Waals surface area contributed by atoms with E-state index in [1.54, 1.807) is 0 Å². The zero-order chi connectivity index (χ0) is 16.4. The molecule has 0 fully saturated rings. The van der Waals surface area contributed by atoms with Crippen LogP contribution in [0, 0.1) is 0 Å². The van der Waals surface area contributed by atoms with Crippen molar-refractivity contribution in [1.29, 1.82) is 0 Å². The number of hydrogen-bond acceptors (Lipinski definition) is 0. The second kappa shape index (κ2) is 4.70. The van der Waals surface area contributed by atoms with Gasteiger partial charge in [0, 0.05) is 5.92 Å². The molecule has 116 valence electrons. The quantitative estimate of drug-likeness (QED) is 0.325. The molecule has 4 aromatic rings. The average Bonchev–Trinajstić information content (AvgIpc) is 3.00. The standard InChI is InChI=1S/C25H16/c1-4-11-19-16(8-1)17-9-2-5-12-20(17)24(19)23-15-7-14-22-18-10-3-6-13-21(18)25(22)23/h1-15,24H. The predicted octanol–water partition coefficient (Wildman–Crippen LogP) is 6.49. The highest BCUT2D eigenvalue weighted by atomic mass is 14.4. The maximum Gasteiger partial charge on any atom is 0.0358 e. The Labute approximate surface area is 147 Å². The van der Waals surface area contributed by atoms with Crippen LogP contribution in [0.2, 0.25) is 0 Å². The number of fused-ring (bicyclic) bond motifs is 7. The Balaban J connectivity index is 1.65. The number of hydrogen-bond donors (Lipinski definition) is 0.